The van der Waals surface area contributed by atoms with Gasteiger partial charge in [0.2, 0.25) is 0 Å². The minimum Gasteiger partial charge on any atom is -0.512 e. The monoisotopic (exact) mass is 452 g/mol. The summed E-state index contributed by atoms with van der Waals surface area (Å²) in [5, 5.41) is 25.1. The normalized spacial score (nSPS) is 10.9. The van der Waals surface area contributed by atoms with Gasteiger partial charge in [-0.05, 0) is 41.5 Å². The maximum atomic E-state index is 10.0. The van der Waals surface area contributed by atoms with Crippen molar-refractivity contribution < 1.29 is 70.1 Å². The first kappa shape index (κ1) is 29.0. The third-order valence-corrected chi connectivity index (χ3v) is 1.24. The molecule has 0 bridgehead atoms. The second-order valence-electron chi connectivity index (χ2n) is 4.19. The Kier molecular flexibility index (Phi) is 23.8. The second-order valence-corrected chi connectivity index (χ2v) is 4.19. The molecule has 0 saturated carbocycles. The number of allylic oxidation sites excluding steroid dienone is 6. The summed E-state index contributed by atoms with van der Waals surface area (Å²) < 4.78 is 0. The van der Waals surface area contributed by atoms with E-state index in [0.717, 1.165) is 0 Å². The zero-order valence-corrected chi connectivity index (χ0v) is 16.3. The van der Waals surface area contributed by atoms with Gasteiger partial charge in [-0.1, -0.05) is 0 Å². The van der Waals surface area contributed by atoms with Crippen molar-refractivity contribution in [1.29, 1.82) is 0 Å². The minimum absolute atomic E-state index is 0. The SMILES string of the molecule is CC(=O)C=C(C)O.CC(=O)C=C(C)O.CC(=O)C=C(C)O.[Sm]. The van der Waals surface area contributed by atoms with Gasteiger partial charge in [-0.3, -0.25) is 14.4 Å². The number of hydrogen-bond donors (Lipinski definition) is 3. The topological polar surface area (TPSA) is 112 Å². The van der Waals surface area contributed by atoms with Crippen LogP contribution >= 0.6 is 0 Å². The molecule has 6 nitrogen and oxygen atoms in total. The summed E-state index contributed by atoms with van der Waals surface area (Å²) in [6.45, 7) is 8.54. The Hall–Kier alpha value is -1.03. The third kappa shape index (κ3) is 50.9. The number of aliphatic hydroxyl groups excluding tert-OH is 3. The first-order valence-corrected chi connectivity index (χ1v) is 6.02. The van der Waals surface area contributed by atoms with E-state index < -0.39 is 0 Å². The van der Waals surface area contributed by atoms with Crippen LogP contribution < -0.4 is 0 Å². The van der Waals surface area contributed by atoms with Crippen LogP contribution in [-0.4, -0.2) is 32.7 Å². The van der Waals surface area contributed by atoms with Crippen molar-refractivity contribution in [1.82, 2.24) is 0 Å². The van der Waals surface area contributed by atoms with Crippen LogP contribution in [-0.2, 0) is 14.4 Å². The molecule has 126 valence electrons. The summed E-state index contributed by atoms with van der Waals surface area (Å²) in [6.07, 6.45) is 3.50. The molecular formula is C15H24O6Sm. The van der Waals surface area contributed by atoms with Crippen molar-refractivity contribution in [3.8, 4) is 0 Å². The summed E-state index contributed by atoms with van der Waals surface area (Å²) >= 11 is 0. The Morgan fingerprint density at radius 3 is 0.682 bits per heavy atom. The van der Waals surface area contributed by atoms with E-state index in [9.17, 15) is 14.4 Å². The first-order valence-electron chi connectivity index (χ1n) is 6.02. The van der Waals surface area contributed by atoms with E-state index in [2.05, 4.69) is 0 Å². The van der Waals surface area contributed by atoms with Gasteiger partial charge in [0.1, 0.15) is 0 Å². The van der Waals surface area contributed by atoms with Crippen LogP contribution in [0.1, 0.15) is 41.5 Å². The fourth-order valence-electron chi connectivity index (χ4n) is 0.882. The molecule has 0 aromatic carbocycles. The Morgan fingerprint density at radius 2 is 0.682 bits per heavy atom. The molecule has 0 aromatic rings. The van der Waals surface area contributed by atoms with Crippen LogP contribution in [0.4, 0.5) is 0 Å². The van der Waals surface area contributed by atoms with Gasteiger partial charge in [0.15, 0.2) is 17.3 Å². The predicted molar refractivity (Wildman–Crippen MR) is 81.2 cm³/mol. The Bertz CT molecular complexity index is 368. The standard InChI is InChI=1S/3C5H8O2.Sm/c3*1-4(6)3-5(2)7;/h3*3,6H,1-2H3;. The zero-order chi connectivity index (χ0) is 17.6. The molecule has 0 atom stereocenters. The van der Waals surface area contributed by atoms with Gasteiger partial charge in [-0.15, -0.1) is 0 Å². The fourth-order valence-corrected chi connectivity index (χ4v) is 0.882. The van der Waals surface area contributed by atoms with E-state index in [1.165, 1.54) is 59.8 Å². The molecule has 0 aliphatic rings. The first-order chi connectivity index (χ1) is 9.38. The number of ketones is 3. The van der Waals surface area contributed by atoms with Crippen molar-refractivity contribution in [2.45, 2.75) is 41.5 Å². The number of hydrogen-bond acceptors (Lipinski definition) is 6. The van der Waals surface area contributed by atoms with E-state index in [0.29, 0.717) is 0 Å². The fraction of sp³-hybridized carbons (Fsp3) is 0.400. The number of rotatable bonds is 3. The van der Waals surface area contributed by atoms with E-state index in [4.69, 9.17) is 15.3 Å². The predicted octanol–water partition coefficient (Wildman–Crippen LogP) is 3.11. The molecule has 7 heteroatoms. The molecule has 3 N–H and O–H groups in total. The molecule has 0 aliphatic carbocycles. The molecular weight excluding hydrogens is 427 g/mol. The molecule has 0 heterocycles. The van der Waals surface area contributed by atoms with Gasteiger partial charge >= 0.3 is 0 Å². The van der Waals surface area contributed by atoms with Gasteiger partial charge in [-0.25, -0.2) is 0 Å². The van der Waals surface area contributed by atoms with Crippen molar-refractivity contribution in [3.63, 3.8) is 0 Å². The molecule has 0 saturated heterocycles. The van der Waals surface area contributed by atoms with E-state index >= 15 is 0 Å². The Labute approximate surface area is 163 Å². The van der Waals surface area contributed by atoms with Gasteiger partial charge < -0.3 is 15.3 Å². The van der Waals surface area contributed by atoms with Crippen molar-refractivity contribution in [3.05, 3.63) is 35.5 Å². The third-order valence-electron chi connectivity index (χ3n) is 1.24. The average Bonchev–Trinajstić information content (AvgIpc) is 2.10. The largest absolute Gasteiger partial charge is 0.512 e. The second kappa shape index (κ2) is 18.0. The maximum Gasteiger partial charge on any atom is 0.155 e. The van der Waals surface area contributed by atoms with Crippen LogP contribution in [0.15, 0.2) is 35.5 Å². The molecule has 0 unspecified atom stereocenters. The minimum atomic E-state index is -0.125. The summed E-state index contributed by atoms with van der Waals surface area (Å²) in [7, 11) is 0. The van der Waals surface area contributed by atoms with Gasteiger partial charge in [0, 0.05) is 58.6 Å². The molecule has 0 fully saturated rings. The van der Waals surface area contributed by atoms with Crippen LogP contribution in [0.3, 0.4) is 0 Å². The summed E-state index contributed by atoms with van der Waals surface area (Å²) in [5.41, 5.74) is 0. The van der Waals surface area contributed by atoms with Gasteiger partial charge in [0.05, 0.1) is 17.3 Å². The summed E-state index contributed by atoms with van der Waals surface area (Å²) in [4.78, 5) is 30.1. The van der Waals surface area contributed by atoms with Crippen LogP contribution in [0.2, 0.25) is 0 Å². The van der Waals surface area contributed by atoms with Crippen LogP contribution in [0, 0.1) is 40.4 Å². The maximum absolute atomic E-state index is 10.0. The van der Waals surface area contributed by atoms with Crippen LogP contribution in [0.25, 0.3) is 0 Å². The van der Waals surface area contributed by atoms with Crippen molar-refractivity contribution in [2.24, 2.45) is 0 Å². The van der Waals surface area contributed by atoms with E-state index in [1.807, 2.05) is 0 Å². The molecule has 22 heavy (non-hydrogen) atoms. The number of carbonyl (C=O) groups excluding carboxylic acids is 3. The quantitative estimate of drug-likeness (QED) is 0.450. The molecule has 0 amide bonds. The van der Waals surface area contributed by atoms with Gasteiger partial charge in [0.25, 0.3) is 0 Å². The van der Waals surface area contributed by atoms with Crippen molar-refractivity contribution >= 4 is 17.3 Å². The molecule has 0 rings (SSSR count). The molecule has 0 aromatic heterocycles. The zero-order valence-electron chi connectivity index (χ0n) is 13.7. The Morgan fingerprint density at radius 1 is 0.545 bits per heavy atom. The molecule has 0 radical (unpaired) electrons. The average molecular weight is 451 g/mol. The molecule has 0 spiro atoms. The summed E-state index contributed by atoms with van der Waals surface area (Å²) in [5.74, 6) is -0.187. The smallest absolute Gasteiger partial charge is 0.155 e. The number of carbonyl (C=O) groups is 3. The van der Waals surface area contributed by atoms with Gasteiger partial charge in [-0.2, -0.15) is 0 Å². The summed E-state index contributed by atoms with van der Waals surface area (Å²) in [6, 6.07) is 0. The number of aliphatic hydroxyl groups is 3. The van der Waals surface area contributed by atoms with Crippen LogP contribution in [0.5, 0.6) is 0 Å². The molecule has 0 aliphatic heterocycles. The van der Waals surface area contributed by atoms with Crippen molar-refractivity contribution in [2.75, 3.05) is 0 Å². The van der Waals surface area contributed by atoms with E-state index in [1.54, 1.807) is 0 Å². The Balaban J connectivity index is -0.000000108. The van der Waals surface area contributed by atoms with E-state index in [-0.39, 0.29) is 75.0 Å².